The highest BCUT2D eigenvalue weighted by atomic mass is 16.7. The van der Waals surface area contributed by atoms with E-state index in [0.717, 1.165) is 24.0 Å². The number of fused-ring (bicyclic) bond motifs is 3. The maximum Gasteiger partial charge on any atom is 0.407 e. The van der Waals surface area contributed by atoms with Crippen LogP contribution in [-0.4, -0.2) is 41.8 Å². The van der Waals surface area contributed by atoms with Gasteiger partial charge in [-0.05, 0) is 48.4 Å². The van der Waals surface area contributed by atoms with Crippen molar-refractivity contribution < 1.29 is 29.1 Å². The first-order valence-electron chi connectivity index (χ1n) is 11.2. The largest absolute Gasteiger partial charge is 0.479 e. The van der Waals surface area contributed by atoms with E-state index in [2.05, 4.69) is 35.1 Å². The maximum atomic E-state index is 12.5. The van der Waals surface area contributed by atoms with Gasteiger partial charge in [0.2, 0.25) is 5.91 Å². The Bertz CT molecular complexity index is 994. The Labute approximate surface area is 192 Å². The van der Waals surface area contributed by atoms with Crippen LogP contribution in [-0.2, 0) is 19.2 Å². The van der Waals surface area contributed by atoms with Crippen molar-refractivity contribution in [2.24, 2.45) is 5.92 Å². The van der Waals surface area contributed by atoms with Crippen LogP contribution in [0.1, 0.15) is 49.7 Å². The number of ether oxygens (including phenoxy) is 1. The highest BCUT2D eigenvalue weighted by Gasteiger charge is 2.31. The summed E-state index contributed by atoms with van der Waals surface area (Å²) in [4.78, 5) is 40.5. The fourth-order valence-corrected chi connectivity index (χ4v) is 4.65. The SMILES string of the molecule is CC(ONC(=O)[C@@H]1CCC[C@@H](NC(=O)OCC2c3ccccc3-c3ccccc32)C1)C(=O)O. The molecule has 2 amide bonds. The first-order chi connectivity index (χ1) is 15.9. The van der Waals surface area contributed by atoms with Gasteiger partial charge in [-0.25, -0.2) is 15.1 Å². The van der Waals surface area contributed by atoms with Crippen molar-refractivity contribution in [2.45, 2.75) is 50.7 Å². The summed E-state index contributed by atoms with van der Waals surface area (Å²) in [7, 11) is 0. The van der Waals surface area contributed by atoms with Gasteiger partial charge in [-0.1, -0.05) is 55.0 Å². The molecule has 0 spiro atoms. The highest BCUT2D eigenvalue weighted by molar-refractivity contribution is 5.80. The van der Waals surface area contributed by atoms with Crippen LogP contribution in [0.5, 0.6) is 0 Å². The van der Waals surface area contributed by atoms with E-state index in [9.17, 15) is 14.4 Å². The average molecular weight is 453 g/mol. The molecule has 2 aliphatic carbocycles. The lowest BCUT2D eigenvalue weighted by Gasteiger charge is -2.29. The third-order valence-electron chi connectivity index (χ3n) is 6.39. The van der Waals surface area contributed by atoms with Crippen LogP contribution in [0.3, 0.4) is 0 Å². The number of rotatable bonds is 7. The van der Waals surface area contributed by atoms with Gasteiger partial charge >= 0.3 is 12.1 Å². The van der Waals surface area contributed by atoms with E-state index in [1.807, 2.05) is 24.3 Å². The van der Waals surface area contributed by atoms with Crippen LogP contribution in [0.2, 0.25) is 0 Å². The molecule has 0 saturated heterocycles. The molecule has 2 aliphatic rings. The number of hydroxylamine groups is 1. The van der Waals surface area contributed by atoms with Gasteiger partial charge in [0, 0.05) is 17.9 Å². The summed E-state index contributed by atoms with van der Waals surface area (Å²) in [5, 5.41) is 11.7. The predicted octanol–water partition coefficient (Wildman–Crippen LogP) is 3.60. The minimum Gasteiger partial charge on any atom is -0.479 e. The number of carbonyl (C=O) groups is 3. The molecule has 0 aliphatic heterocycles. The number of carboxylic acids is 1. The molecule has 2 aromatic rings. The summed E-state index contributed by atoms with van der Waals surface area (Å²) in [5.74, 6) is -1.91. The predicted molar refractivity (Wildman–Crippen MR) is 120 cm³/mol. The van der Waals surface area contributed by atoms with Crippen molar-refractivity contribution in [1.29, 1.82) is 0 Å². The summed E-state index contributed by atoms with van der Waals surface area (Å²) in [6.45, 7) is 1.57. The number of alkyl carbamates (subject to hydrolysis) is 1. The van der Waals surface area contributed by atoms with Gasteiger partial charge in [-0.15, -0.1) is 0 Å². The number of hydrogen-bond acceptors (Lipinski definition) is 5. The molecule has 1 fully saturated rings. The zero-order chi connectivity index (χ0) is 23.4. The molecule has 33 heavy (non-hydrogen) atoms. The Morgan fingerprint density at radius 2 is 1.67 bits per heavy atom. The number of amides is 2. The Balaban J connectivity index is 1.30. The second-order valence-corrected chi connectivity index (χ2v) is 8.59. The second-order valence-electron chi connectivity index (χ2n) is 8.59. The first-order valence-corrected chi connectivity index (χ1v) is 11.2. The monoisotopic (exact) mass is 452 g/mol. The quantitative estimate of drug-likeness (QED) is 0.553. The number of carboxylic acid groups (broad SMARTS) is 1. The van der Waals surface area contributed by atoms with Gasteiger partial charge in [0.05, 0.1) is 0 Å². The van der Waals surface area contributed by atoms with Crippen LogP contribution in [0.25, 0.3) is 11.1 Å². The molecule has 3 atom stereocenters. The zero-order valence-corrected chi connectivity index (χ0v) is 18.5. The van der Waals surface area contributed by atoms with E-state index < -0.39 is 18.2 Å². The summed E-state index contributed by atoms with van der Waals surface area (Å²) in [5.41, 5.74) is 6.86. The van der Waals surface area contributed by atoms with Crippen molar-refractivity contribution in [2.75, 3.05) is 6.61 Å². The van der Waals surface area contributed by atoms with E-state index in [4.69, 9.17) is 14.7 Å². The number of aliphatic carboxylic acids is 1. The molecule has 1 unspecified atom stereocenters. The zero-order valence-electron chi connectivity index (χ0n) is 18.5. The van der Waals surface area contributed by atoms with E-state index in [-0.39, 0.29) is 30.4 Å². The second kappa shape index (κ2) is 10.0. The van der Waals surface area contributed by atoms with E-state index in [1.165, 1.54) is 18.1 Å². The molecule has 2 aromatic carbocycles. The summed E-state index contributed by atoms with van der Waals surface area (Å²) in [6, 6.07) is 16.1. The molecule has 0 heterocycles. The van der Waals surface area contributed by atoms with Gasteiger partial charge in [-0.2, -0.15) is 0 Å². The lowest BCUT2D eigenvalue weighted by atomic mass is 9.85. The highest BCUT2D eigenvalue weighted by Crippen LogP contribution is 2.44. The fourth-order valence-electron chi connectivity index (χ4n) is 4.65. The van der Waals surface area contributed by atoms with Gasteiger partial charge in [0.25, 0.3) is 0 Å². The Morgan fingerprint density at radius 3 is 2.30 bits per heavy atom. The molecule has 0 radical (unpaired) electrons. The number of nitrogens with one attached hydrogen (secondary N) is 2. The Hall–Kier alpha value is -3.39. The first kappa shape index (κ1) is 22.8. The molecule has 0 aromatic heterocycles. The van der Waals surface area contributed by atoms with E-state index in [0.29, 0.717) is 12.8 Å². The molecule has 3 N–H and O–H groups in total. The van der Waals surface area contributed by atoms with Crippen molar-refractivity contribution >= 4 is 18.0 Å². The minimum atomic E-state index is -1.16. The van der Waals surface area contributed by atoms with Gasteiger partial charge in [0.15, 0.2) is 6.10 Å². The molecule has 0 bridgehead atoms. The average Bonchev–Trinajstić information content (AvgIpc) is 3.15. The Kier molecular flexibility index (Phi) is 6.93. The third kappa shape index (κ3) is 5.17. The molecule has 1 saturated carbocycles. The van der Waals surface area contributed by atoms with Crippen molar-refractivity contribution in [3.05, 3.63) is 59.7 Å². The van der Waals surface area contributed by atoms with Crippen LogP contribution in [0.15, 0.2) is 48.5 Å². The molecule has 174 valence electrons. The molecular formula is C25H28N2O6. The van der Waals surface area contributed by atoms with Gasteiger partial charge < -0.3 is 15.2 Å². The number of carbonyl (C=O) groups excluding carboxylic acids is 2. The molecular weight excluding hydrogens is 424 g/mol. The summed E-state index contributed by atoms with van der Waals surface area (Å²) in [6.07, 6.45) is 0.979. The van der Waals surface area contributed by atoms with Gasteiger partial charge in [0.1, 0.15) is 6.61 Å². The van der Waals surface area contributed by atoms with Crippen molar-refractivity contribution in [3.63, 3.8) is 0 Å². The topological polar surface area (TPSA) is 114 Å². The Morgan fingerprint density at radius 1 is 1.03 bits per heavy atom. The van der Waals surface area contributed by atoms with Crippen molar-refractivity contribution in [1.82, 2.24) is 10.8 Å². The molecule has 8 nitrogen and oxygen atoms in total. The lowest BCUT2D eigenvalue weighted by molar-refractivity contribution is -0.160. The van der Waals surface area contributed by atoms with Gasteiger partial charge in [-0.3, -0.25) is 9.63 Å². The molecule has 4 rings (SSSR count). The maximum absolute atomic E-state index is 12.5. The normalized spacial score (nSPS) is 20.3. The van der Waals surface area contributed by atoms with Crippen LogP contribution >= 0.6 is 0 Å². The van der Waals surface area contributed by atoms with E-state index in [1.54, 1.807) is 0 Å². The van der Waals surface area contributed by atoms with E-state index >= 15 is 0 Å². The smallest absolute Gasteiger partial charge is 0.407 e. The third-order valence-corrected chi connectivity index (χ3v) is 6.39. The lowest BCUT2D eigenvalue weighted by Crippen LogP contribution is -2.43. The standard InChI is InChI=1S/C25H28N2O6/c1-15(24(29)30)33-27-23(28)16-7-6-8-17(13-16)26-25(31)32-14-22-20-11-4-2-9-18(20)19-10-3-5-12-21(19)22/h2-5,9-12,15-17,22H,6-8,13-14H2,1H3,(H,26,31)(H,27,28)(H,29,30)/t15?,16-,17-/m1/s1. The van der Waals surface area contributed by atoms with Crippen LogP contribution in [0.4, 0.5) is 4.79 Å². The van der Waals surface area contributed by atoms with Crippen molar-refractivity contribution in [3.8, 4) is 11.1 Å². The summed E-state index contributed by atoms with van der Waals surface area (Å²) >= 11 is 0. The number of benzene rings is 2. The summed E-state index contributed by atoms with van der Waals surface area (Å²) < 4.78 is 5.60. The van der Waals surface area contributed by atoms with Crippen LogP contribution in [0, 0.1) is 5.92 Å². The van der Waals surface area contributed by atoms with Crippen LogP contribution < -0.4 is 10.8 Å². The minimum absolute atomic E-state index is 0.0126. The number of hydrogen-bond donors (Lipinski definition) is 3. The molecule has 8 heteroatoms. The fraction of sp³-hybridized carbons (Fsp3) is 0.400.